The number of anilines is 1. The first-order valence-corrected chi connectivity index (χ1v) is 13.6. The smallest absolute Gasteiger partial charge is 0.243 e. The van der Waals surface area contributed by atoms with Crippen LogP contribution in [0.1, 0.15) is 68.4 Å². The van der Waals surface area contributed by atoms with Crippen LogP contribution >= 0.6 is 0 Å². The third kappa shape index (κ3) is 6.28. The van der Waals surface area contributed by atoms with E-state index >= 15 is 4.39 Å². The van der Waals surface area contributed by atoms with Gasteiger partial charge in [-0.3, -0.25) is 9.29 Å². The van der Waals surface area contributed by atoms with Crippen molar-refractivity contribution >= 4 is 22.0 Å². The molecule has 0 amide bonds. The van der Waals surface area contributed by atoms with Gasteiger partial charge in [-0.1, -0.05) is 44.7 Å². The number of halogens is 1. The summed E-state index contributed by atoms with van der Waals surface area (Å²) in [5.41, 5.74) is 1.39. The number of allylic oxidation sites excluding steroid dienone is 1. The summed E-state index contributed by atoms with van der Waals surface area (Å²) in [6.07, 6.45) is 6.68. The van der Waals surface area contributed by atoms with E-state index in [1.54, 1.807) is 30.6 Å². The Hall–Kier alpha value is -3.44. The van der Waals surface area contributed by atoms with E-state index in [1.807, 2.05) is 20.8 Å². The molecule has 37 heavy (non-hydrogen) atoms. The minimum Gasteiger partial charge on any atom is -0.369 e. The molecule has 0 saturated carbocycles. The van der Waals surface area contributed by atoms with Gasteiger partial charge >= 0.3 is 0 Å². The fourth-order valence-electron chi connectivity index (χ4n) is 3.79. The van der Waals surface area contributed by atoms with Gasteiger partial charge < -0.3 is 4.74 Å². The number of ether oxygens (including phenoxy) is 1. The van der Waals surface area contributed by atoms with E-state index < -0.39 is 27.2 Å². The van der Waals surface area contributed by atoms with Crippen molar-refractivity contribution in [1.29, 1.82) is 0 Å². The quantitative estimate of drug-likeness (QED) is 0.306. The van der Waals surface area contributed by atoms with Crippen molar-refractivity contribution < 1.29 is 17.5 Å². The number of aryl methyl sites for hydroxylation is 1. The lowest BCUT2D eigenvalue weighted by Crippen LogP contribution is -2.34. The number of nitrogens with one attached hydrogen (secondary N) is 1. The Balaban J connectivity index is 2.09. The summed E-state index contributed by atoms with van der Waals surface area (Å²) in [5, 5.41) is 7.21. The highest BCUT2D eigenvalue weighted by Crippen LogP contribution is 2.31. The third-order valence-corrected chi connectivity index (χ3v) is 7.51. The summed E-state index contributed by atoms with van der Waals surface area (Å²) in [7, 11) is -4.14. The molecule has 0 aliphatic rings. The van der Waals surface area contributed by atoms with Crippen LogP contribution in [0.3, 0.4) is 0 Å². The molecule has 2 heterocycles. The zero-order chi connectivity index (χ0) is 27.2. The summed E-state index contributed by atoms with van der Waals surface area (Å²) in [5.74, 6) is -0.319. The molecular formula is C26H33FN6O3S. The molecule has 3 atom stereocenters. The lowest BCUT2D eigenvalue weighted by molar-refractivity contribution is 0.0466. The summed E-state index contributed by atoms with van der Waals surface area (Å²) in [6.45, 7) is 15.0. The monoisotopic (exact) mass is 528 g/mol. The Labute approximate surface area is 217 Å². The molecule has 0 bridgehead atoms. The second-order valence-corrected chi connectivity index (χ2v) is 10.8. The van der Waals surface area contributed by atoms with Gasteiger partial charge in [0.25, 0.3) is 0 Å². The predicted octanol–water partition coefficient (Wildman–Crippen LogP) is 5.13. The molecule has 0 saturated heterocycles. The molecule has 0 fully saturated rings. The Bertz CT molecular complexity index is 1340. The molecule has 2 aromatic heterocycles. The maximum Gasteiger partial charge on any atom is 0.243 e. The van der Waals surface area contributed by atoms with Crippen LogP contribution < -0.4 is 4.72 Å². The minimum atomic E-state index is -4.14. The number of hydrogen-bond donors (Lipinski definition) is 1. The lowest BCUT2D eigenvalue weighted by atomic mass is 10.1. The first-order valence-electron chi connectivity index (χ1n) is 12.0. The summed E-state index contributed by atoms with van der Waals surface area (Å²) < 4.78 is 52.2. The first kappa shape index (κ1) is 28.1. The molecular weight excluding hydrogens is 495 g/mol. The molecule has 9 nitrogen and oxygen atoms in total. The van der Waals surface area contributed by atoms with E-state index in [2.05, 4.69) is 38.0 Å². The van der Waals surface area contributed by atoms with Gasteiger partial charge in [0.05, 0.1) is 5.69 Å². The van der Waals surface area contributed by atoms with E-state index in [1.165, 1.54) is 23.6 Å². The van der Waals surface area contributed by atoms with Gasteiger partial charge in [-0.25, -0.2) is 22.8 Å². The van der Waals surface area contributed by atoms with Crippen LogP contribution in [0.15, 0.2) is 49.8 Å². The Kier molecular flexibility index (Phi) is 9.28. The van der Waals surface area contributed by atoms with Crippen molar-refractivity contribution in [2.75, 3.05) is 11.3 Å². The number of aromatic nitrogens is 5. The zero-order valence-corrected chi connectivity index (χ0v) is 22.4. The van der Waals surface area contributed by atoms with Gasteiger partial charge in [0.1, 0.15) is 23.0 Å². The topological polar surface area (TPSA) is 112 Å². The van der Waals surface area contributed by atoms with Crippen LogP contribution in [0.4, 0.5) is 10.3 Å². The number of para-hydroxylation sites is 1. The van der Waals surface area contributed by atoms with Crippen LogP contribution in [-0.4, -0.2) is 45.0 Å². The second-order valence-electron chi connectivity index (χ2n) is 8.79. The SMILES string of the molecule is C=CC[C@@H](C)c1nnc(NS(=O)(=O)[C@@H](C)[C@@H](OCCC)c2ncc(C)cn2)n1-c1c(F)cccc1C=C. The Morgan fingerprint density at radius 2 is 1.89 bits per heavy atom. The molecule has 3 aromatic rings. The van der Waals surface area contributed by atoms with Gasteiger partial charge in [0, 0.05) is 30.5 Å². The summed E-state index contributed by atoms with van der Waals surface area (Å²) >= 11 is 0. The van der Waals surface area contributed by atoms with Crippen molar-refractivity contribution in [3.8, 4) is 5.69 Å². The van der Waals surface area contributed by atoms with Crippen molar-refractivity contribution in [1.82, 2.24) is 24.7 Å². The van der Waals surface area contributed by atoms with Crippen LogP contribution in [-0.2, 0) is 14.8 Å². The van der Waals surface area contributed by atoms with E-state index in [4.69, 9.17) is 4.74 Å². The summed E-state index contributed by atoms with van der Waals surface area (Å²) in [6, 6.07) is 4.52. The number of rotatable bonds is 13. The van der Waals surface area contributed by atoms with Gasteiger partial charge in [-0.05, 0) is 38.3 Å². The molecule has 3 rings (SSSR count). The fourth-order valence-corrected chi connectivity index (χ4v) is 4.89. The Morgan fingerprint density at radius 1 is 1.19 bits per heavy atom. The first-order chi connectivity index (χ1) is 17.6. The highest BCUT2D eigenvalue weighted by atomic mass is 32.2. The van der Waals surface area contributed by atoms with Crippen molar-refractivity contribution in [2.24, 2.45) is 0 Å². The van der Waals surface area contributed by atoms with Crippen LogP contribution in [0.2, 0.25) is 0 Å². The van der Waals surface area contributed by atoms with Crippen molar-refractivity contribution in [3.05, 3.63) is 78.4 Å². The molecule has 0 aliphatic carbocycles. The van der Waals surface area contributed by atoms with Gasteiger partial charge in [0.15, 0.2) is 5.82 Å². The largest absolute Gasteiger partial charge is 0.369 e. The molecule has 0 aliphatic heterocycles. The molecule has 1 N–H and O–H groups in total. The van der Waals surface area contributed by atoms with E-state index in [9.17, 15) is 8.42 Å². The lowest BCUT2D eigenvalue weighted by Gasteiger charge is -2.24. The highest BCUT2D eigenvalue weighted by molar-refractivity contribution is 7.93. The van der Waals surface area contributed by atoms with Crippen LogP contribution in [0, 0.1) is 12.7 Å². The van der Waals surface area contributed by atoms with Gasteiger partial charge in [-0.15, -0.1) is 16.8 Å². The highest BCUT2D eigenvalue weighted by Gasteiger charge is 2.35. The average molecular weight is 529 g/mol. The number of sulfonamides is 1. The van der Waals surface area contributed by atoms with Crippen molar-refractivity contribution in [3.63, 3.8) is 0 Å². The van der Waals surface area contributed by atoms with Gasteiger partial charge in [0.2, 0.25) is 16.0 Å². The maximum atomic E-state index is 15.2. The molecule has 0 radical (unpaired) electrons. The average Bonchev–Trinajstić information content (AvgIpc) is 3.27. The molecule has 11 heteroatoms. The van der Waals surface area contributed by atoms with Crippen molar-refractivity contribution in [2.45, 2.75) is 57.8 Å². The van der Waals surface area contributed by atoms with Gasteiger partial charge in [-0.2, -0.15) is 0 Å². The number of nitrogens with zero attached hydrogens (tertiary/aromatic N) is 5. The maximum absolute atomic E-state index is 15.2. The zero-order valence-electron chi connectivity index (χ0n) is 21.6. The fraction of sp³-hybridized carbons (Fsp3) is 0.385. The Morgan fingerprint density at radius 3 is 2.51 bits per heavy atom. The second kappa shape index (κ2) is 12.2. The van der Waals surface area contributed by atoms with E-state index in [0.717, 1.165) is 5.56 Å². The van der Waals surface area contributed by atoms with Crippen LogP contribution in [0.25, 0.3) is 11.8 Å². The normalized spacial score (nSPS) is 14.1. The standard InChI is InChI=1S/C26H33FN6O3S/c1-7-11-18(5)25-30-31-26(33(25)22-20(9-3)12-10-13-21(22)27)32-37(34,35)19(6)23(36-14-8-2)24-28-15-17(4)16-29-24/h7,9-10,12-13,15-16,18-19,23H,1,3,8,11,14H2,2,4-6H3,(H,31,32)/t18-,19+,23-/m1/s1. The number of hydrogen-bond acceptors (Lipinski definition) is 7. The molecule has 0 unspecified atom stereocenters. The molecule has 198 valence electrons. The van der Waals surface area contributed by atoms with E-state index in [0.29, 0.717) is 30.8 Å². The molecule has 0 spiro atoms. The minimum absolute atomic E-state index is 0.0967. The number of benzene rings is 1. The molecule has 1 aromatic carbocycles. The van der Waals surface area contributed by atoms with E-state index in [-0.39, 0.29) is 23.4 Å². The van der Waals surface area contributed by atoms with Crippen LogP contribution in [0.5, 0.6) is 0 Å². The third-order valence-electron chi connectivity index (χ3n) is 5.82. The summed E-state index contributed by atoms with van der Waals surface area (Å²) in [4.78, 5) is 8.58. The predicted molar refractivity (Wildman–Crippen MR) is 142 cm³/mol.